The van der Waals surface area contributed by atoms with Crippen molar-refractivity contribution in [1.29, 1.82) is 0 Å². The Balaban J connectivity index is 1.54. The molecule has 1 aromatic rings. The van der Waals surface area contributed by atoms with Crippen LogP contribution >= 0.6 is 0 Å². The molecule has 2 fully saturated rings. The second-order valence-corrected chi connectivity index (χ2v) is 12.0. The highest BCUT2D eigenvalue weighted by Crippen LogP contribution is 2.42. The molecule has 0 aromatic heterocycles. The third-order valence-electron chi connectivity index (χ3n) is 8.05. The molecule has 0 heterocycles. The van der Waals surface area contributed by atoms with Crippen LogP contribution in [0.5, 0.6) is 11.5 Å². The largest absolute Gasteiger partial charge is 0.457 e. The molecule has 2 atom stereocenters. The van der Waals surface area contributed by atoms with Crippen LogP contribution in [-0.4, -0.2) is 22.2 Å². The molecular formula is C27H44F2O2Si. The summed E-state index contributed by atoms with van der Waals surface area (Å²) >= 11 is 0. The van der Waals surface area contributed by atoms with Crippen LogP contribution in [-0.2, 0) is 0 Å². The van der Waals surface area contributed by atoms with Crippen LogP contribution in [0.2, 0.25) is 6.04 Å². The number of hydrogen-bond acceptors (Lipinski definition) is 2. The summed E-state index contributed by atoms with van der Waals surface area (Å²) in [6.07, 6.45) is 10.3. The highest BCUT2D eigenvalue weighted by atomic mass is 28.2. The molecule has 2 nitrogen and oxygen atoms in total. The Bertz CT molecular complexity index is 670. The molecule has 2 aliphatic rings. The van der Waals surface area contributed by atoms with E-state index in [1.807, 2.05) is 12.1 Å². The molecule has 2 unspecified atom stereocenters. The quantitative estimate of drug-likeness (QED) is 0.324. The predicted molar refractivity (Wildman–Crippen MR) is 132 cm³/mol. The van der Waals surface area contributed by atoms with Gasteiger partial charge in [0.2, 0.25) is 12.7 Å². The maximum atomic E-state index is 14.1. The Labute approximate surface area is 196 Å². The van der Waals surface area contributed by atoms with Crippen LogP contribution < -0.4 is 14.7 Å². The minimum atomic E-state index is -1.39. The Morgan fingerprint density at radius 2 is 1.38 bits per heavy atom. The van der Waals surface area contributed by atoms with Crippen molar-refractivity contribution in [3.8, 4) is 11.5 Å². The van der Waals surface area contributed by atoms with Crippen LogP contribution in [0.1, 0.15) is 91.4 Å². The van der Waals surface area contributed by atoms with Gasteiger partial charge < -0.3 is 9.47 Å². The fourth-order valence-electron chi connectivity index (χ4n) is 5.79. The lowest BCUT2D eigenvalue weighted by atomic mass is 9.69. The van der Waals surface area contributed by atoms with E-state index in [1.54, 1.807) is 19.9 Å². The molecule has 5 heteroatoms. The van der Waals surface area contributed by atoms with Gasteiger partial charge in [-0.3, -0.25) is 0 Å². The fourth-order valence-corrected chi connectivity index (χ4v) is 7.88. The van der Waals surface area contributed by atoms with Gasteiger partial charge in [0, 0.05) is 12.8 Å². The summed E-state index contributed by atoms with van der Waals surface area (Å²) in [5.41, 5.74) is 0. The van der Waals surface area contributed by atoms with E-state index in [4.69, 9.17) is 9.47 Å². The molecule has 1 aromatic carbocycles. The van der Waals surface area contributed by atoms with Crippen LogP contribution in [0, 0.1) is 23.7 Å². The van der Waals surface area contributed by atoms with E-state index in [1.165, 1.54) is 63.8 Å². The average molecular weight is 467 g/mol. The zero-order valence-electron chi connectivity index (χ0n) is 20.5. The van der Waals surface area contributed by atoms with Gasteiger partial charge in [0.1, 0.15) is 0 Å². The van der Waals surface area contributed by atoms with E-state index in [2.05, 4.69) is 6.92 Å². The number of ether oxygens (including phenoxy) is 2. The SMILES string of the molecule is CCC(F)Oc1cccc([SiH2]CC2CCC([C@H]3CC[C@H](CC)CC3)CC2)c1OC(F)CC. The molecule has 0 N–H and O–H groups in total. The van der Waals surface area contributed by atoms with E-state index < -0.39 is 22.2 Å². The first-order chi connectivity index (χ1) is 15.5. The van der Waals surface area contributed by atoms with Gasteiger partial charge in [0.05, 0.1) is 9.52 Å². The Morgan fingerprint density at radius 3 is 1.94 bits per heavy atom. The molecule has 0 aliphatic heterocycles. The summed E-state index contributed by atoms with van der Waals surface area (Å²) < 4.78 is 39.0. The molecule has 0 radical (unpaired) electrons. The number of hydrogen-bond donors (Lipinski definition) is 0. The van der Waals surface area contributed by atoms with Crippen molar-refractivity contribution in [2.24, 2.45) is 23.7 Å². The van der Waals surface area contributed by atoms with Crippen molar-refractivity contribution in [2.75, 3.05) is 0 Å². The number of halogens is 2. The Hall–Kier alpha value is -1.10. The zero-order chi connectivity index (χ0) is 22.9. The molecule has 0 spiro atoms. The van der Waals surface area contributed by atoms with Gasteiger partial charge in [0.25, 0.3) is 0 Å². The number of para-hydroxylation sites is 1. The lowest BCUT2D eigenvalue weighted by molar-refractivity contribution is 0.0390. The van der Waals surface area contributed by atoms with Gasteiger partial charge in [-0.2, -0.15) is 0 Å². The molecule has 2 saturated carbocycles. The van der Waals surface area contributed by atoms with Crippen molar-refractivity contribution in [2.45, 2.75) is 110 Å². The maximum Gasteiger partial charge on any atom is 0.238 e. The third-order valence-corrected chi connectivity index (χ3v) is 10.3. The smallest absolute Gasteiger partial charge is 0.238 e. The normalized spacial score (nSPS) is 28.5. The summed E-state index contributed by atoms with van der Waals surface area (Å²) in [6.45, 7) is 5.83. The lowest BCUT2D eigenvalue weighted by Crippen LogP contribution is -2.28. The summed E-state index contributed by atoms with van der Waals surface area (Å²) in [6, 6.07) is 6.85. The summed E-state index contributed by atoms with van der Waals surface area (Å²) in [5, 5.41) is 1.07. The average Bonchev–Trinajstić information content (AvgIpc) is 2.84. The van der Waals surface area contributed by atoms with Crippen LogP contribution in [0.3, 0.4) is 0 Å². The molecule has 0 saturated heterocycles. The number of alkyl halides is 2. The van der Waals surface area contributed by atoms with Crippen molar-refractivity contribution >= 4 is 14.7 Å². The highest BCUT2D eigenvalue weighted by Gasteiger charge is 2.30. The first-order valence-electron chi connectivity index (χ1n) is 13.3. The second kappa shape index (κ2) is 13.0. The minimum absolute atomic E-state index is 0.261. The van der Waals surface area contributed by atoms with E-state index in [-0.39, 0.29) is 12.8 Å². The second-order valence-electron chi connectivity index (χ2n) is 10.1. The Morgan fingerprint density at radius 1 is 0.812 bits per heavy atom. The van der Waals surface area contributed by atoms with Gasteiger partial charge in [-0.05, 0) is 60.6 Å². The van der Waals surface area contributed by atoms with Gasteiger partial charge in [-0.15, -0.1) is 0 Å². The highest BCUT2D eigenvalue weighted by molar-refractivity contribution is 6.54. The zero-order valence-corrected chi connectivity index (χ0v) is 21.9. The van der Waals surface area contributed by atoms with Crippen LogP contribution in [0.25, 0.3) is 0 Å². The van der Waals surface area contributed by atoms with Crippen molar-refractivity contribution < 1.29 is 18.3 Å². The molecule has 0 amide bonds. The molecule has 3 rings (SSSR count). The summed E-state index contributed by atoms with van der Waals surface area (Å²) in [5.74, 6) is 4.46. The molecule has 32 heavy (non-hydrogen) atoms. The van der Waals surface area contributed by atoms with Crippen LogP contribution in [0.15, 0.2) is 18.2 Å². The van der Waals surface area contributed by atoms with Crippen molar-refractivity contribution in [1.82, 2.24) is 0 Å². The summed E-state index contributed by atoms with van der Waals surface area (Å²) in [4.78, 5) is 0. The first-order valence-corrected chi connectivity index (χ1v) is 15.0. The maximum absolute atomic E-state index is 14.1. The minimum Gasteiger partial charge on any atom is -0.457 e. The molecule has 2 aliphatic carbocycles. The predicted octanol–water partition coefficient (Wildman–Crippen LogP) is 7.09. The van der Waals surface area contributed by atoms with Crippen LogP contribution in [0.4, 0.5) is 8.78 Å². The Kier molecular flexibility index (Phi) is 10.3. The number of rotatable bonds is 11. The van der Waals surface area contributed by atoms with E-state index >= 15 is 0 Å². The molecular weight excluding hydrogens is 422 g/mol. The van der Waals surface area contributed by atoms with Gasteiger partial charge in [0.15, 0.2) is 11.5 Å². The lowest BCUT2D eigenvalue weighted by Gasteiger charge is -2.37. The third kappa shape index (κ3) is 7.20. The first kappa shape index (κ1) is 25.5. The van der Waals surface area contributed by atoms with E-state index in [0.717, 1.165) is 28.9 Å². The van der Waals surface area contributed by atoms with Crippen molar-refractivity contribution in [3.05, 3.63) is 18.2 Å². The van der Waals surface area contributed by atoms with E-state index in [9.17, 15) is 8.78 Å². The monoisotopic (exact) mass is 466 g/mol. The van der Waals surface area contributed by atoms with Crippen molar-refractivity contribution in [3.63, 3.8) is 0 Å². The summed E-state index contributed by atoms with van der Waals surface area (Å²) in [7, 11) is -0.642. The van der Waals surface area contributed by atoms with Gasteiger partial charge in [-0.1, -0.05) is 71.1 Å². The fraction of sp³-hybridized carbons (Fsp3) is 0.778. The van der Waals surface area contributed by atoms with Gasteiger partial charge >= 0.3 is 0 Å². The van der Waals surface area contributed by atoms with Gasteiger partial charge in [-0.25, -0.2) is 8.78 Å². The topological polar surface area (TPSA) is 18.5 Å². The molecule has 0 bridgehead atoms. The number of benzene rings is 1. The standard InChI is InChI=1S/C27H44F2O2Si/c1-4-19-10-14-21(15-11-19)22-16-12-20(13-17-22)18-32-24-9-7-8-23(30-25(28)5-2)27(24)31-26(29)6-3/h7-9,19-22,25-26H,4-6,10-18,32H2,1-3H3/t19-,20?,21-,22?,25?,26?. The molecule has 182 valence electrons. The van der Waals surface area contributed by atoms with E-state index in [0.29, 0.717) is 11.5 Å².